The molecule has 5 aromatic carbocycles. The molecule has 0 bridgehead atoms. The third-order valence-corrected chi connectivity index (χ3v) is 7.40. The zero-order valence-electron chi connectivity index (χ0n) is 20.0. The SMILES string of the molecule is CC1(C)c2ccccc2-c2ccc(Cc3ccc(Br)cc3)cc21.Cc1ccc2ccccc2c1. The van der Waals surface area contributed by atoms with E-state index in [1.165, 1.54) is 49.7 Å². The van der Waals surface area contributed by atoms with Crippen molar-refractivity contribution >= 4 is 26.7 Å². The minimum absolute atomic E-state index is 0.0850. The van der Waals surface area contributed by atoms with Gasteiger partial charge in [0, 0.05) is 9.89 Å². The van der Waals surface area contributed by atoms with Crippen LogP contribution in [0, 0.1) is 6.92 Å². The van der Waals surface area contributed by atoms with Gasteiger partial charge in [-0.2, -0.15) is 0 Å². The number of rotatable bonds is 2. The van der Waals surface area contributed by atoms with Crippen molar-refractivity contribution in [3.05, 3.63) is 141 Å². The maximum Gasteiger partial charge on any atom is 0.0175 e. The van der Waals surface area contributed by atoms with Gasteiger partial charge in [-0.1, -0.05) is 132 Å². The van der Waals surface area contributed by atoms with Gasteiger partial charge < -0.3 is 0 Å². The standard InChI is InChI=1S/C22H19Br.C11H10/c1-22(2)20-6-4-3-5-18(20)19-12-9-16(14-21(19)22)13-15-7-10-17(23)11-8-15;1-9-6-7-10-4-2-3-5-11(10)8-9/h3-12,14H,13H2,1-2H3;2-8H,1H3. The lowest BCUT2D eigenvalue weighted by Gasteiger charge is -2.22. The highest BCUT2D eigenvalue weighted by atomic mass is 79.9. The molecule has 6 rings (SSSR count). The van der Waals surface area contributed by atoms with Crippen LogP contribution in [0.25, 0.3) is 21.9 Å². The number of hydrogen-bond donors (Lipinski definition) is 0. The molecule has 0 aliphatic heterocycles. The Hall–Kier alpha value is -3.16. The van der Waals surface area contributed by atoms with Crippen molar-refractivity contribution in [3.63, 3.8) is 0 Å². The first kappa shape index (κ1) is 22.6. The third kappa shape index (κ3) is 4.45. The van der Waals surface area contributed by atoms with Crippen LogP contribution in [0.1, 0.15) is 41.7 Å². The molecule has 0 saturated heterocycles. The van der Waals surface area contributed by atoms with Gasteiger partial charge in [0.25, 0.3) is 0 Å². The van der Waals surface area contributed by atoms with Crippen molar-refractivity contribution in [2.75, 3.05) is 0 Å². The summed E-state index contributed by atoms with van der Waals surface area (Å²) >= 11 is 3.50. The van der Waals surface area contributed by atoms with Gasteiger partial charge in [0.1, 0.15) is 0 Å². The first-order valence-electron chi connectivity index (χ1n) is 11.8. The lowest BCUT2D eigenvalue weighted by Crippen LogP contribution is -2.15. The Morgan fingerprint density at radius 2 is 1.24 bits per heavy atom. The van der Waals surface area contributed by atoms with Crippen molar-refractivity contribution in [3.8, 4) is 11.1 Å². The van der Waals surface area contributed by atoms with Gasteiger partial charge >= 0.3 is 0 Å². The third-order valence-electron chi connectivity index (χ3n) is 6.87. The van der Waals surface area contributed by atoms with Crippen LogP contribution in [0.5, 0.6) is 0 Å². The molecule has 1 aliphatic carbocycles. The fourth-order valence-corrected chi connectivity index (χ4v) is 5.27. The second-order valence-corrected chi connectivity index (χ2v) is 10.6. The predicted octanol–water partition coefficient (Wildman–Crippen LogP) is 9.49. The van der Waals surface area contributed by atoms with Crippen LogP contribution in [0.4, 0.5) is 0 Å². The summed E-state index contributed by atoms with van der Waals surface area (Å²) in [5.74, 6) is 0. The average Bonchev–Trinajstić information content (AvgIpc) is 3.08. The Kier molecular flexibility index (Phi) is 6.15. The second kappa shape index (κ2) is 9.24. The highest BCUT2D eigenvalue weighted by molar-refractivity contribution is 9.10. The highest BCUT2D eigenvalue weighted by Gasteiger charge is 2.34. The lowest BCUT2D eigenvalue weighted by molar-refractivity contribution is 0.659. The summed E-state index contributed by atoms with van der Waals surface area (Å²) in [7, 11) is 0. The van der Waals surface area contributed by atoms with Crippen molar-refractivity contribution in [2.24, 2.45) is 0 Å². The molecule has 168 valence electrons. The normalized spacial score (nSPS) is 13.1. The van der Waals surface area contributed by atoms with E-state index < -0.39 is 0 Å². The molecular formula is C33H29Br. The van der Waals surface area contributed by atoms with E-state index in [0.29, 0.717) is 0 Å². The number of halogens is 1. The predicted molar refractivity (Wildman–Crippen MR) is 150 cm³/mol. The maximum atomic E-state index is 3.50. The van der Waals surface area contributed by atoms with Crippen molar-refractivity contribution < 1.29 is 0 Å². The molecule has 0 radical (unpaired) electrons. The Morgan fingerprint density at radius 1 is 0.588 bits per heavy atom. The van der Waals surface area contributed by atoms with E-state index in [4.69, 9.17) is 0 Å². The molecule has 0 fully saturated rings. The van der Waals surface area contributed by atoms with Gasteiger partial charge in [-0.25, -0.2) is 0 Å². The minimum Gasteiger partial charge on any atom is -0.0619 e. The fourth-order valence-electron chi connectivity index (χ4n) is 5.01. The van der Waals surface area contributed by atoms with Crippen LogP contribution < -0.4 is 0 Å². The first-order valence-corrected chi connectivity index (χ1v) is 12.6. The summed E-state index contributed by atoms with van der Waals surface area (Å²) < 4.78 is 1.13. The zero-order valence-corrected chi connectivity index (χ0v) is 21.6. The number of fused-ring (bicyclic) bond motifs is 4. The van der Waals surface area contributed by atoms with E-state index >= 15 is 0 Å². The van der Waals surface area contributed by atoms with Gasteiger partial charge in [0.2, 0.25) is 0 Å². The van der Waals surface area contributed by atoms with E-state index in [2.05, 4.69) is 146 Å². The molecule has 0 heterocycles. The van der Waals surface area contributed by atoms with E-state index in [1.807, 2.05) is 0 Å². The smallest absolute Gasteiger partial charge is 0.0175 e. The van der Waals surface area contributed by atoms with Crippen LogP contribution in [0.15, 0.2) is 114 Å². The van der Waals surface area contributed by atoms with Gasteiger partial charge in [0.05, 0.1) is 0 Å². The summed E-state index contributed by atoms with van der Waals surface area (Å²) in [6, 6.07) is 39.3. The molecule has 0 nitrogen and oxygen atoms in total. The van der Waals surface area contributed by atoms with Gasteiger partial charge in [-0.3, -0.25) is 0 Å². The van der Waals surface area contributed by atoms with Crippen LogP contribution in [-0.2, 0) is 11.8 Å². The molecule has 0 spiro atoms. The topological polar surface area (TPSA) is 0 Å². The zero-order chi connectivity index (χ0) is 23.7. The van der Waals surface area contributed by atoms with Crippen LogP contribution >= 0.6 is 15.9 Å². The van der Waals surface area contributed by atoms with Crippen molar-refractivity contribution in [2.45, 2.75) is 32.6 Å². The van der Waals surface area contributed by atoms with Crippen LogP contribution in [0.3, 0.4) is 0 Å². The molecule has 0 atom stereocenters. The van der Waals surface area contributed by atoms with Gasteiger partial charge in [-0.05, 0) is 69.6 Å². The minimum atomic E-state index is 0.0850. The molecule has 0 saturated carbocycles. The number of hydrogen-bond acceptors (Lipinski definition) is 0. The summed E-state index contributed by atoms with van der Waals surface area (Å²) in [6.07, 6.45) is 0.979. The molecule has 0 amide bonds. The highest BCUT2D eigenvalue weighted by Crippen LogP contribution is 2.48. The molecule has 1 heteroatoms. The summed E-state index contributed by atoms with van der Waals surface area (Å²) in [5.41, 5.74) is 9.82. The Balaban J connectivity index is 0.000000183. The Bertz CT molecular complexity index is 1460. The van der Waals surface area contributed by atoms with Crippen molar-refractivity contribution in [1.82, 2.24) is 0 Å². The number of benzene rings is 5. The second-order valence-electron chi connectivity index (χ2n) is 9.70. The van der Waals surface area contributed by atoms with Crippen LogP contribution in [-0.4, -0.2) is 0 Å². The quantitative estimate of drug-likeness (QED) is 0.224. The summed E-state index contributed by atoms with van der Waals surface area (Å²) in [5, 5.41) is 2.64. The largest absolute Gasteiger partial charge is 0.0619 e. The molecule has 5 aromatic rings. The molecule has 34 heavy (non-hydrogen) atoms. The van der Waals surface area contributed by atoms with E-state index in [-0.39, 0.29) is 5.41 Å². The molecule has 0 unspecified atom stereocenters. The van der Waals surface area contributed by atoms with Crippen molar-refractivity contribution in [1.29, 1.82) is 0 Å². The van der Waals surface area contributed by atoms with E-state index in [0.717, 1.165) is 10.9 Å². The first-order chi connectivity index (χ1) is 16.4. The Morgan fingerprint density at radius 3 is 2.03 bits per heavy atom. The van der Waals surface area contributed by atoms with Gasteiger partial charge in [0.15, 0.2) is 0 Å². The van der Waals surface area contributed by atoms with Crippen LogP contribution in [0.2, 0.25) is 0 Å². The molecule has 0 N–H and O–H groups in total. The Labute approximate surface area is 211 Å². The van der Waals surface area contributed by atoms with E-state index in [1.54, 1.807) is 0 Å². The average molecular weight is 505 g/mol. The summed E-state index contributed by atoms with van der Waals surface area (Å²) in [4.78, 5) is 0. The van der Waals surface area contributed by atoms with Gasteiger partial charge in [-0.15, -0.1) is 0 Å². The monoisotopic (exact) mass is 504 g/mol. The fraction of sp³-hybridized carbons (Fsp3) is 0.152. The summed E-state index contributed by atoms with van der Waals surface area (Å²) in [6.45, 7) is 6.79. The molecule has 0 aromatic heterocycles. The molecule has 1 aliphatic rings. The van der Waals surface area contributed by atoms with E-state index in [9.17, 15) is 0 Å². The molecular weight excluding hydrogens is 476 g/mol. The number of aryl methyl sites for hydroxylation is 1. The maximum absolute atomic E-state index is 3.50. The lowest BCUT2D eigenvalue weighted by atomic mass is 9.81.